The van der Waals surface area contributed by atoms with Gasteiger partial charge in [-0.2, -0.15) is 0 Å². The van der Waals surface area contributed by atoms with E-state index in [1.165, 1.54) is 0 Å². The Bertz CT molecular complexity index is 624. The monoisotopic (exact) mass is 341 g/mol. The van der Waals surface area contributed by atoms with Crippen molar-refractivity contribution in [2.75, 3.05) is 5.73 Å². The molecule has 2 aromatic rings. The molecule has 0 fully saturated rings. The zero-order valence-electron chi connectivity index (χ0n) is 10.1. The summed E-state index contributed by atoms with van der Waals surface area (Å²) in [4.78, 5) is 11.8. The highest BCUT2D eigenvalue weighted by Crippen LogP contribution is 2.32. The van der Waals surface area contributed by atoms with Gasteiger partial charge in [0.2, 0.25) is 5.76 Å². The molecule has 0 aliphatic rings. The van der Waals surface area contributed by atoms with Crippen molar-refractivity contribution < 1.29 is 14.3 Å². The second kappa shape index (κ2) is 5.71. The van der Waals surface area contributed by atoms with Crippen LogP contribution in [0.1, 0.15) is 21.9 Å². The van der Waals surface area contributed by atoms with Gasteiger partial charge in [-0.05, 0) is 31.2 Å². The quantitative estimate of drug-likeness (QED) is 0.650. The van der Waals surface area contributed by atoms with Gasteiger partial charge in [0.05, 0.1) is 0 Å². The van der Waals surface area contributed by atoms with Gasteiger partial charge in [0.25, 0.3) is 0 Å². The van der Waals surface area contributed by atoms with Crippen LogP contribution >= 0.6 is 27.7 Å². The number of carbonyl (C=O) groups is 1. The molecule has 19 heavy (non-hydrogen) atoms. The van der Waals surface area contributed by atoms with Crippen LogP contribution < -0.4 is 5.73 Å². The predicted molar refractivity (Wildman–Crippen MR) is 78.5 cm³/mol. The maximum atomic E-state index is 10.8. The number of aromatic carboxylic acids is 1. The third kappa shape index (κ3) is 3.33. The number of hydrogen-bond donors (Lipinski definition) is 2. The number of carboxylic acids is 1. The lowest BCUT2D eigenvalue weighted by Crippen LogP contribution is -1.92. The molecule has 1 heterocycles. The van der Waals surface area contributed by atoms with E-state index < -0.39 is 5.97 Å². The van der Waals surface area contributed by atoms with Gasteiger partial charge in [-0.1, -0.05) is 15.9 Å². The molecule has 100 valence electrons. The number of nitrogen functional groups attached to an aromatic ring is 1. The van der Waals surface area contributed by atoms with Crippen molar-refractivity contribution in [3.8, 4) is 0 Å². The first kappa shape index (κ1) is 14.0. The molecule has 1 aromatic carbocycles. The number of furan rings is 1. The Labute approximate surface area is 123 Å². The highest BCUT2D eigenvalue weighted by molar-refractivity contribution is 9.10. The molecule has 0 unspecified atom stereocenters. The van der Waals surface area contributed by atoms with Crippen molar-refractivity contribution in [3.63, 3.8) is 0 Å². The van der Waals surface area contributed by atoms with Gasteiger partial charge in [-0.15, -0.1) is 11.8 Å². The maximum Gasteiger partial charge on any atom is 0.371 e. The second-order valence-corrected chi connectivity index (χ2v) is 5.90. The second-order valence-electron chi connectivity index (χ2n) is 3.97. The smallest absolute Gasteiger partial charge is 0.371 e. The van der Waals surface area contributed by atoms with Gasteiger partial charge in [0.15, 0.2) is 0 Å². The van der Waals surface area contributed by atoms with Gasteiger partial charge in [-0.3, -0.25) is 0 Å². The summed E-state index contributed by atoms with van der Waals surface area (Å²) in [5.41, 5.74) is 7.45. The lowest BCUT2D eigenvalue weighted by molar-refractivity contribution is 0.0661. The van der Waals surface area contributed by atoms with Gasteiger partial charge in [0.1, 0.15) is 5.76 Å². The van der Waals surface area contributed by atoms with E-state index in [4.69, 9.17) is 15.3 Å². The Morgan fingerprint density at radius 3 is 2.84 bits per heavy atom. The molecule has 0 aliphatic carbocycles. The molecule has 0 aliphatic heterocycles. The first-order valence-corrected chi connectivity index (χ1v) is 7.25. The Balaban J connectivity index is 2.14. The van der Waals surface area contributed by atoms with Gasteiger partial charge < -0.3 is 15.3 Å². The van der Waals surface area contributed by atoms with E-state index in [-0.39, 0.29) is 5.76 Å². The number of halogens is 1. The number of thioether (sulfide) groups is 1. The first-order valence-electron chi connectivity index (χ1n) is 5.48. The minimum absolute atomic E-state index is 0.0321. The highest BCUT2D eigenvalue weighted by Gasteiger charge is 2.13. The Morgan fingerprint density at radius 1 is 1.47 bits per heavy atom. The largest absolute Gasteiger partial charge is 0.475 e. The lowest BCUT2D eigenvalue weighted by Gasteiger charge is -2.05. The molecule has 0 saturated carbocycles. The summed E-state index contributed by atoms with van der Waals surface area (Å²) >= 11 is 4.94. The maximum absolute atomic E-state index is 10.8. The van der Waals surface area contributed by atoms with E-state index >= 15 is 0 Å². The van der Waals surface area contributed by atoms with Crippen LogP contribution in [0.5, 0.6) is 0 Å². The third-order valence-electron chi connectivity index (χ3n) is 2.59. The highest BCUT2D eigenvalue weighted by atomic mass is 79.9. The van der Waals surface area contributed by atoms with E-state index in [1.54, 1.807) is 24.8 Å². The number of anilines is 1. The van der Waals surface area contributed by atoms with Gasteiger partial charge in [-0.25, -0.2) is 4.79 Å². The SMILES string of the molecule is Cc1oc(C(=O)O)cc1CSc1cc(Br)ccc1N. The zero-order chi connectivity index (χ0) is 14.0. The summed E-state index contributed by atoms with van der Waals surface area (Å²) in [6.07, 6.45) is 0. The Morgan fingerprint density at radius 2 is 2.21 bits per heavy atom. The summed E-state index contributed by atoms with van der Waals surface area (Å²) in [5.74, 6) is 0.151. The van der Waals surface area contributed by atoms with Crippen LogP contribution in [-0.2, 0) is 5.75 Å². The summed E-state index contributed by atoms with van der Waals surface area (Å²) in [6, 6.07) is 7.20. The molecular weight excluding hydrogens is 330 g/mol. The average Bonchev–Trinajstić information content (AvgIpc) is 2.72. The average molecular weight is 342 g/mol. The normalized spacial score (nSPS) is 10.6. The molecule has 0 radical (unpaired) electrons. The van der Waals surface area contributed by atoms with Crippen LogP contribution in [-0.4, -0.2) is 11.1 Å². The topological polar surface area (TPSA) is 76.5 Å². The first-order chi connectivity index (χ1) is 8.97. The molecule has 0 saturated heterocycles. The molecular formula is C13H12BrNO3S. The summed E-state index contributed by atoms with van der Waals surface area (Å²) in [5, 5.41) is 8.86. The minimum atomic E-state index is -1.05. The van der Waals surface area contributed by atoms with Crippen LogP contribution in [0.25, 0.3) is 0 Å². The van der Waals surface area contributed by atoms with Crippen molar-refractivity contribution in [1.29, 1.82) is 0 Å². The minimum Gasteiger partial charge on any atom is -0.475 e. The number of nitrogens with two attached hydrogens (primary N) is 1. The number of hydrogen-bond acceptors (Lipinski definition) is 4. The van der Waals surface area contributed by atoms with E-state index in [9.17, 15) is 4.79 Å². The Kier molecular flexibility index (Phi) is 4.21. The fourth-order valence-corrected chi connectivity index (χ4v) is 3.11. The summed E-state index contributed by atoms with van der Waals surface area (Å²) < 4.78 is 6.12. The molecule has 3 N–H and O–H groups in total. The molecule has 0 amide bonds. The van der Waals surface area contributed by atoms with Crippen LogP contribution in [0, 0.1) is 6.92 Å². The van der Waals surface area contributed by atoms with E-state index in [1.807, 2.05) is 18.2 Å². The molecule has 6 heteroatoms. The standard InChI is InChI=1S/C13H12BrNO3S/c1-7-8(4-11(18-7)13(16)17)6-19-12-5-9(14)2-3-10(12)15/h2-5H,6,15H2,1H3,(H,16,17). The van der Waals surface area contributed by atoms with E-state index in [0.29, 0.717) is 17.2 Å². The van der Waals surface area contributed by atoms with Crippen LogP contribution in [0.2, 0.25) is 0 Å². The van der Waals surface area contributed by atoms with Gasteiger partial charge in [0, 0.05) is 26.4 Å². The van der Waals surface area contributed by atoms with Crippen molar-refractivity contribution in [2.45, 2.75) is 17.6 Å². The van der Waals surface area contributed by atoms with Crippen LogP contribution in [0.15, 0.2) is 38.1 Å². The molecule has 0 spiro atoms. The van der Waals surface area contributed by atoms with Crippen molar-refractivity contribution in [2.24, 2.45) is 0 Å². The van der Waals surface area contributed by atoms with Crippen molar-refractivity contribution >= 4 is 39.3 Å². The molecule has 1 aromatic heterocycles. The third-order valence-corrected chi connectivity index (χ3v) is 4.20. The fourth-order valence-electron chi connectivity index (χ4n) is 1.56. The van der Waals surface area contributed by atoms with Crippen LogP contribution in [0.4, 0.5) is 5.69 Å². The number of aryl methyl sites for hydroxylation is 1. The number of rotatable bonds is 4. The molecule has 0 bridgehead atoms. The molecule has 4 nitrogen and oxygen atoms in total. The van der Waals surface area contributed by atoms with Crippen molar-refractivity contribution in [1.82, 2.24) is 0 Å². The molecule has 2 rings (SSSR count). The van der Waals surface area contributed by atoms with E-state index in [2.05, 4.69) is 15.9 Å². The van der Waals surface area contributed by atoms with Crippen LogP contribution in [0.3, 0.4) is 0 Å². The van der Waals surface area contributed by atoms with Gasteiger partial charge >= 0.3 is 5.97 Å². The zero-order valence-corrected chi connectivity index (χ0v) is 12.5. The Hall–Kier alpha value is -1.40. The number of benzene rings is 1. The summed E-state index contributed by atoms with van der Waals surface area (Å²) in [6.45, 7) is 1.76. The van der Waals surface area contributed by atoms with E-state index in [0.717, 1.165) is 14.9 Å². The molecule has 0 atom stereocenters. The lowest BCUT2D eigenvalue weighted by atomic mass is 10.3. The van der Waals surface area contributed by atoms with Crippen molar-refractivity contribution in [3.05, 3.63) is 45.8 Å². The predicted octanol–water partition coefficient (Wildman–Crippen LogP) is 3.92. The summed E-state index contributed by atoms with van der Waals surface area (Å²) in [7, 11) is 0. The number of carboxylic acid groups (broad SMARTS) is 1. The fraction of sp³-hybridized carbons (Fsp3) is 0.154.